The third kappa shape index (κ3) is 3.54. The molecule has 2 aromatic heterocycles. The van der Waals surface area contributed by atoms with Crippen LogP contribution in [0.5, 0.6) is 0 Å². The second kappa shape index (κ2) is 8.24. The number of hydrogen-bond acceptors (Lipinski definition) is 4. The zero-order chi connectivity index (χ0) is 24.0. The van der Waals surface area contributed by atoms with Crippen LogP contribution in [-0.2, 0) is 17.9 Å². The van der Waals surface area contributed by atoms with Gasteiger partial charge in [0.2, 0.25) is 16.5 Å². The Balaban J connectivity index is 1.98. The fourth-order valence-electron chi connectivity index (χ4n) is 4.19. The highest BCUT2D eigenvalue weighted by Crippen LogP contribution is 2.31. The normalized spacial score (nSPS) is 12.0. The van der Waals surface area contributed by atoms with E-state index in [1.807, 2.05) is 37.3 Å². The van der Waals surface area contributed by atoms with E-state index in [9.17, 15) is 18.1 Å². The smallest absolute Gasteiger partial charge is 0.246 e. The number of nitriles is 1. The molecule has 0 saturated carbocycles. The van der Waals surface area contributed by atoms with Crippen LogP contribution in [0.2, 0.25) is 0 Å². The molecule has 5 aromatic rings. The summed E-state index contributed by atoms with van der Waals surface area (Å²) in [5.74, 6) is -0.340. The summed E-state index contributed by atoms with van der Waals surface area (Å²) in [4.78, 5) is 4.55. The Bertz CT molecular complexity index is 1800. The van der Waals surface area contributed by atoms with Crippen LogP contribution < -0.4 is 5.62 Å². The molecule has 0 aliphatic rings. The molecular weight excluding hydrogens is 453 g/mol. The molecule has 7 nitrogen and oxygen atoms in total. The van der Waals surface area contributed by atoms with Gasteiger partial charge in [0.15, 0.2) is 0 Å². The maximum Gasteiger partial charge on any atom is 0.246 e. The van der Waals surface area contributed by atoms with E-state index in [1.165, 1.54) is 12.1 Å². The minimum absolute atomic E-state index is 0.176. The number of thiol groups is 1. The lowest BCUT2D eigenvalue weighted by Crippen LogP contribution is -2.24. The number of imidazole rings is 1. The number of benzene rings is 3. The second-order valence-corrected chi connectivity index (χ2v) is 8.56. The molecule has 0 fully saturated rings. The number of hydrogen-bond donors (Lipinski definition) is 1. The van der Waals surface area contributed by atoms with Crippen molar-refractivity contribution in [3.8, 4) is 22.9 Å². The first kappa shape index (κ1) is 21.6. The van der Waals surface area contributed by atoms with Crippen LogP contribution in [0.15, 0.2) is 71.3 Å². The molecule has 0 unspecified atom stereocenters. The predicted molar refractivity (Wildman–Crippen MR) is 128 cm³/mol. The van der Waals surface area contributed by atoms with Gasteiger partial charge in [-0.15, -0.1) is 4.40 Å². The van der Waals surface area contributed by atoms with Gasteiger partial charge in [-0.3, -0.25) is 9.55 Å². The SMILES string of the molecule is Cc1ccc(C#N)cc1-n1/c(=N\[SH](=O)=O)n(C)c2cnc3ccc(-c4cccc(F)c4)cc3c21. The lowest BCUT2D eigenvalue weighted by atomic mass is 10.0. The standard InChI is InChI=1S/C25H18FN5O2S/c1-15-6-7-16(13-27)10-22(15)31-24-20-12-18(17-4-3-5-19(26)11-17)8-9-21(20)28-14-23(24)30(2)25(31)29-34(32)33/h3-12,14,34H,1-2H3/b29-25-. The molecule has 0 N–H and O–H groups in total. The summed E-state index contributed by atoms with van der Waals surface area (Å²) < 4.78 is 44.5. The predicted octanol–water partition coefficient (Wildman–Crippen LogP) is 3.93. The van der Waals surface area contributed by atoms with Crippen molar-refractivity contribution >= 4 is 32.8 Å². The molecule has 34 heavy (non-hydrogen) atoms. The molecule has 0 radical (unpaired) electrons. The third-order valence-electron chi connectivity index (χ3n) is 5.81. The van der Waals surface area contributed by atoms with Gasteiger partial charge in [0, 0.05) is 12.4 Å². The molecule has 0 amide bonds. The van der Waals surface area contributed by atoms with Gasteiger partial charge >= 0.3 is 0 Å². The topological polar surface area (TPSA) is 93.0 Å². The zero-order valence-electron chi connectivity index (χ0n) is 18.2. The van der Waals surface area contributed by atoms with Crippen LogP contribution >= 0.6 is 0 Å². The summed E-state index contributed by atoms with van der Waals surface area (Å²) in [5, 5.41) is 10.2. The third-order valence-corrected chi connectivity index (χ3v) is 6.16. The molecule has 0 aliphatic carbocycles. The van der Waals surface area contributed by atoms with Gasteiger partial charge in [-0.2, -0.15) is 5.26 Å². The van der Waals surface area contributed by atoms with E-state index in [4.69, 9.17) is 0 Å². The van der Waals surface area contributed by atoms with Crippen LogP contribution in [0.4, 0.5) is 4.39 Å². The Morgan fingerprint density at radius 1 is 1.06 bits per heavy atom. The second-order valence-electron chi connectivity index (χ2n) is 7.88. The number of aromatic nitrogens is 3. The monoisotopic (exact) mass is 471 g/mol. The molecule has 0 atom stereocenters. The van der Waals surface area contributed by atoms with Crippen molar-refractivity contribution in [3.63, 3.8) is 0 Å². The fraction of sp³-hybridized carbons (Fsp3) is 0.0800. The maximum atomic E-state index is 13.9. The summed E-state index contributed by atoms with van der Waals surface area (Å²) in [6.45, 7) is 1.88. The van der Waals surface area contributed by atoms with Crippen molar-refractivity contribution in [2.75, 3.05) is 0 Å². The quantitative estimate of drug-likeness (QED) is 0.404. The number of aryl methyl sites for hydroxylation is 2. The van der Waals surface area contributed by atoms with E-state index < -0.39 is 10.9 Å². The summed E-state index contributed by atoms with van der Waals surface area (Å²) >= 11 is 0. The number of halogens is 1. The van der Waals surface area contributed by atoms with Gasteiger partial charge in [-0.05, 0) is 60.0 Å². The molecule has 2 heterocycles. The van der Waals surface area contributed by atoms with Gasteiger partial charge in [0.25, 0.3) is 0 Å². The molecule has 5 rings (SSSR count). The van der Waals surface area contributed by atoms with Gasteiger partial charge < -0.3 is 4.57 Å². The Morgan fingerprint density at radius 3 is 2.59 bits per heavy atom. The first-order valence-electron chi connectivity index (χ1n) is 10.3. The highest BCUT2D eigenvalue weighted by Gasteiger charge is 2.18. The average molecular weight is 472 g/mol. The lowest BCUT2D eigenvalue weighted by Gasteiger charge is -2.11. The van der Waals surface area contributed by atoms with Crippen molar-refractivity contribution in [1.29, 1.82) is 5.26 Å². The van der Waals surface area contributed by atoms with Crippen LogP contribution in [0.1, 0.15) is 11.1 Å². The largest absolute Gasteiger partial charge is 0.311 e. The molecule has 3 aromatic carbocycles. The van der Waals surface area contributed by atoms with Crippen molar-refractivity contribution in [3.05, 3.63) is 89.4 Å². The van der Waals surface area contributed by atoms with Crippen molar-refractivity contribution < 1.29 is 12.8 Å². The van der Waals surface area contributed by atoms with E-state index in [1.54, 1.807) is 40.6 Å². The minimum Gasteiger partial charge on any atom is -0.311 e. The fourth-order valence-corrected chi connectivity index (χ4v) is 4.56. The number of fused-ring (bicyclic) bond motifs is 3. The van der Waals surface area contributed by atoms with Crippen molar-refractivity contribution in [1.82, 2.24) is 14.1 Å². The number of pyridine rings is 1. The molecule has 0 spiro atoms. The lowest BCUT2D eigenvalue weighted by molar-refractivity contribution is 0.613. The Labute approximate surface area is 195 Å². The Hall–Kier alpha value is -4.29. The van der Waals surface area contributed by atoms with Gasteiger partial charge in [-0.25, -0.2) is 12.8 Å². The molecule has 0 saturated heterocycles. The van der Waals surface area contributed by atoms with Crippen LogP contribution in [0.3, 0.4) is 0 Å². The van der Waals surface area contributed by atoms with Gasteiger partial charge in [0.1, 0.15) is 5.82 Å². The molecule has 0 aliphatic heterocycles. The zero-order valence-corrected chi connectivity index (χ0v) is 19.1. The molecule has 0 bridgehead atoms. The van der Waals surface area contributed by atoms with E-state index >= 15 is 0 Å². The Kier molecular flexibility index (Phi) is 5.23. The van der Waals surface area contributed by atoms with Crippen molar-refractivity contribution in [2.24, 2.45) is 11.4 Å². The molecule has 168 valence electrons. The summed E-state index contributed by atoms with van der Waals surface area (Å²) in [7, 11) is -1.38. The highest BCUT2D eigenvalue weighted by molar-refractivity contribution is 7.70. The average Bonchev–Trinajstić information content (AvgIpc) is 3.10. The first-order valence-corrected chi connectivity index (χ1v) is 11.5. The van der Waals surface area contributed by atoms with E-state index in [0.717, 1.165) is 16.5 Å². The Morgan fingerprint density at radius 2 is 1.85 bits per heavy atom. The first-order chi connectivity index (χ1) is 16.4. The van der Waals surface area contributed by atoms with Gasteiger partial charge in [-0.1, -0.05) is 24.3 Å². The summed E-state index contributed by atoms with van der Waals surface area (Å²) in [6.07, 6.45) is 1.66. The number of rotatable bonds is 3. The minimum atomic E-state index is -3.09. The van der Waals surface area contributed by atoms with E-state index in [2.05, 4.69) is 15.5 Å². The maximum absolute atomic E-state index is 13.9. The number of nitrogens with zero attached hydrogens (tertiary/aromatic N) is 5. The van der Waals surface area contributed by atoms with E-state index in [-0.39, 0.29) is 11.4 Å². The highest BCUT2D eigenvalue weighted by atomic mass is 32.2. The molecular formula is C25H18FN5O2S. The van der Waals surface area contributed by atoms with Crippen molar-refractivity contribution in [2.45, 2.75) is 6.92 Å². The summed E-state index contributed by atoms with van der Waals surface area (Å²) in [5.41, 5.74) is 5.57. The van der Waals surface area contributed by atoms with Crippen LogP contribution in [0.25, 0.3) is 38.8 Å². The van der Waals surface area contributed by atoms with E-state index in [0.29, 0.717) is 33.4 Å². The van der Waals surface area contributed by atoms with Crippen LogP contribution in [-0.4, -0.2) is 22.5 Å². The summed E-state index contributed by atoms with van der Waals surface area (Å²) in [6, 6.07) is 19.3. The molecule has 9 heteroatoms. The van der Waals surface area contributed by atoms with Gasteiger partial charge in [0.05, 0.1) is 40.1 Å². The van der Waals surface area contributed by atoms with Crippen LogP contribution in [0, 0.1) is 24.1 Å².